The standard InChI is InChI=1S/C8H10N6O2/c1-5-10-12-7(16-5)3-9-8(15)6-4-14(2)13-11-6/h4H,3H2,1-2H3,(H,9,15). The Balaban J connectivity index is 1.93. The average molecular weight is 222 g/mol. The summed E-state index contributed by atoms with van der Waals surface area (Å²) in [5.41, 5.74) is 0.249. The number of aryl methyl sites for hydroxylation is 2. The van der Waals surface area contributed by atoms with Crippen LogP contribution in [0.2, 0.25) is 0 Å². The minimum absolute atomic E-state index is 0.177. The van der Waals surface area contributed by atoms with Gasteiger partial charge in [0.25, 0.3) is 5.91 Å². The van der Waals surface area contributed by atoms with Crippen LogP contribution in [0.1, 0.15) is 22.3 Å². The molecule has 0 saturated heterocycles. The van der Waals surface area contributed by atoms with Crippen molar-refractivity contribution in [1.82, 2.24) is 30.5 Å². The van der Waals surface area contributed by atoms with Gasteiger partial charge in [-0.15, -0.1) is 15.3 Å². The van der Waals surface area contributed by atoms with E-state index in [1.54, 1.807) is 14.0 Å². The van der Waals surface area contributed by atoms with Gasteiger partial charge in [0.2, 0.25) is 11.8 Å². The van der Waals surface area contributed by atoms with Gasteiger partial charge in [-0.25, -0.2) is 0 Å². The number of nitrogens with one attached hydrogen (secondary N) is 1. The first-order valence-electron chi connectivity index (χ1n) is 4.58. The van der Waals surface area contributed by atoms with E-state index in [9.17, 15) is 4.79 Å². The molecular formula is C8H10N6O2. The maximum atomic E-state index is 11.5. The minimum Gasteiger partial charge on any atom is -0.424 e. The second kappa shape index (κ2) is 4.09. The summed E-state index contributed by atoms with van der Waals surface area (Å²) in [6.45, 7) is 1.86. The van der Waals surface area contributed by atoms with Crippen LogP contribution in [0.15, 0.2) is 10.6 Å². The molecule has 2 aromatic rings. The first-order valence-corrected chi connectivity index (χ1v) is 4.58. The van der Waals surface area contributed by atoms with E-state index in [4.69, 9.17) is 4.42 Å². The van der Waals surface area contributed by atoms with E-state index < -0.39 is 0 Å². The molecule has 2 heterocycles. The smallest absolute Gasteiger partial charge is 0.273 e. The van der Waals surface area contributed by atoms with Gasteiger partial charge in [-0.2, -0.15) is 0 Å². The van der Waals surface area contributed by atoms with Crippen molar-refractivity contribution in [3.05, 3.63) is 23.7 Å². The number of hydrogen-bond acceptors (Lipinski definition) is 6. The van der Waals surface area contributed by atoms with E-state index in [1.807, 2.05) is 0 Å². The fraction of sp³-hybridized carbons (Fsp3) is 0.375. The van der Waals surface area contributed by atoms with Gasteiger partial charge in [0.1, 0.15) is 0 Å². The summed E-state index contributed by atoms with van der Waals surface area (Å²) >= 11 is 0. The predicted octanol–water partition coefficient (Wildman–Crippen LogP) is -0.563. The molecule has 0 atom stereocenters. The largest absolute Gasteiger partial charge is 0.424 e. The highest BCUT2D eigenvalue weighted by atomic mass is 16.4. The van der Waals surface area contributed by atoms with Gasteiger partial charge in [-0.05, 0) is 0 Å². The molecule has 0 spiro atoms. The van der Waals surface area contributed by atoms with Crippen LogP contribution in [-0.4, -0.2) is 31.1 Å². The molecule has 0 unspecified atom stereocenters. The van der Waals surface area contributed by atoms with Gasteiger partial charge in [-0.3, -0.25) is 9.48 Å². The Morgan fingerprint density at radius 3 is 2.88 bits per heavy atom. The minimum atomic E-state index is -0.330. The SMILES string of the molecule is Cc1nnc(CNC(=O)c2cn(C)nn2)o1. The monoisotopic (exact) mass is 222 g/mol. The van der Waals surface area contributed by atoms with Gasteiger partial charge >= 0.3 is 0 Å². The molecule has 1 amide bonds. The highest BCUT2D eigenvalue weighted by Crippen LogP contribution is 1.98. The zero-order valence-corrected chi connectivity index (χ0v) is 8.84. The van der Waals surface area contributed by atoms with Gasteiger partial charge in [-0.1, -0.05) is 5.21 Å². The molecule has 1 N–H and O–H groups in total. The summed E-state index contributed by atoms with van der Waals surface area (Å²) in [6.07, 6.45) is 1.52. The summed E-state index contributed by atoms with van der Waals surface area (Å²) in [4.78, 5) is 11.5. The molecule has 0 radical (unpaired) electrons. The molecule has 0 bridgehead atoms. The van der Waals surface area contributed by atoms with Gasteiger partial charge in [0, 0.05) is 14.0 Å². The lowest BCUT2D eigenvalue weighted by molar-refractivity contribution is 0.0942. The molecule has 0 aromatic carbocycles. The maximum absolute atomic E-state index is 11.5. The molecule has 16 heavy (non-hydrogen) atoms. The number of amides is 1. The molecule has 2 rings (SSSR count). The predicted molar refractivity (Wildman–Crippen MR) is 51.2 cm³/mol. The maximum Gasteiger partial charge on any atom is 0.273 e. The quantitative estimate of drug-likeness (QED) is 0.747. The van der Waals surface area contributed by atoms with Gasteiger partial charge in [0.05, 0.1) is 12.7 Å². The Labute approximate surface area is 90.7 Å². The number of hydrogen-bond donors (Lipinski definition) is 1. The van der Waals surface area contributed by atoms with Crippen molar-refractivity contribution in [2.24, 2.45) is 7.05 Å². The summed E-state index contributed by atoms with van der Waals surface area (Å²) in [5, 5.41) is 17.3. The van der Waals surface area contributed by atoms with Crippen LogP contribution in [-0.2, 0) is 13.6 Å². The molecule has 2 aromatic heterocycles. The lowest BCUT2D eigenvalue weighted by Gasteiger charge is -1.97. The third-order valence-electron chi connectivity index (χ3n) is 1.80. The highest BCUT2D eigenvalue weighted by Gasteiger charge is 2.10. The van der Waals surface area contributed by atoms with Gasteiger partial charge in [0.15, 0.2) is 5.69 Å². The zero-order chi connectivity index (χ0) is 11.5. The van der Waals surface area contributed by atoms with E-state index in [-0.39, 0.29) is 18.1 Å². The average Bonchev–Trinajstić information content (AvgIpc) is 2.84. The third kappa shape index (κ3) is 2.22. The van der Waals surface area contributed by atoms with Gasteiger partial charge < -0.3 is 9.73 Å². The highest BCUT2D eigenvalue weighted by molar-refractivity contribution is 5.91. The summed E-state index contributed by atoms with van der Waals surface area (Å²) in [7, 11) is 1.69. The number of carbonyl (C=O) groups excluding carboxylic acids is 1. The lowest BCUT2D eigenvalue weighted by atomic mass is 10.4. The summed E-state index contributed by atoms with van der Waals surface area (Å²) in [6, 6.07) is 0. The molecule has 0 fully saturated rings. The van der Waals surface area contributed by atoms with Crippen LogP contribution in [0.5, 0.6) is 0 Å². The second-order valence-corrected chi connectivity index (χ2v) is 3.17. The van der Waals surface area contributed by atoms with E-state index in [2.05, 4.69) is 25.8 Å². The number of nitrogens with zero attached hydrogens (tertiary/aromatic N) is 5. The summed E-state index contributed by atoms with van der Waals surface area (Å²) < 4.78 is 6.55. The Morgan fingerprint density at radius 2 is 2.31 bits per heavy atom. The van der Waals surface area contributed by atoms with E-state index in [0.29, 0.717) is 11.8 Å². The first kappa shape index (κ1) is 10.3. The van der Waals surface area contributed by atoms with Crippen molar-refractivity contribution < 1.29 is 9.21 Å². The fourth-order valence-corrected chi connectivity index (χ4v) is 1.11. The Morgan fingerprint density at radius 1 is 1.50 bits per heavy atom. The Bertz CT molecular complexity index is 502. The molecule has 0 saturated carbocycles. The van der Waals surface area contributed by atoms with Crippen molar-refractivity contribution in [1.29, 1.82) is 0 Å². The fourth-order valence-electron chi connectivity index (χ4n) is 1.11. The van der Waals surface area contributed by atoms with Crippen LogP contribution in [0.3, 0.4) is 0 Å². The van der Waals surface area contributed by atoms with Crippen LogP contribution >= 0.6 is 0 Å². The van der Waals surface area contributed by atoms with E-state index in [0.717, 1.165) is 0 Å². The van der Waals surface area contributed by atoms with Crippen LogP contribution in [0, 0.1) is 6.92 Å². The van der Waals surface area contributed by atoms with Crippen molar-refractivity contribution >= 4 is 5.91 Å². The topological polar surface area (TPSA) is 98.7 Å². The third-order valence-corrected chi connectivity index (χ3v) is 1.80. The molecule has 8 heteroatoms. The molecule has 8 nitrogen and oxygen atoms in total. The van der Waals surface area contributed by atoms with Crippen LogP contribution < -0.4 is 5.32 Å². The number of carbonyl (C=O) groups is 1. The molecule has 84 valence electrons. The Kier molecular flexibility index (Phi) is 2.63. The molecule has 0 aliphatic rings. The van der Waals surface area contributed by atoms with E-state index >= 15 is 0 Å². The van der Waals surface area contributed by atoms with Crippen molar-refractivity contribution in [3.8, 4) is 0 Å². The first-order chi connectivity index (χ1) is 7.65. The normalized spacial score (nSPS) is 10.4. The van der Waals surface area contributed by atoms with Crippen molar-refractivity contribution in [2.45, 2.75) is 13.5 Å². The number of rotatable bonds is 3. The molecular weight excluding hydrogens is 212 g/mol. The zero-order valence-electron chi connectivity index (χ0n) is 8.84. The van der Waals surface area contributed by atoms with Crippen molar-refractivity contribution in [2.75, 3.05) is 0 Å². The van der Waals surface area contributed by atoms with Crippen molar-refractivity contribution in [3.63, 3.8) is 0 Å². The van der Waals surface area contributed by atoms with Crippen LogP contribution in [0.25, 0.3) is 0 Å². The summed E-state index contributed by atoms with van der Waals surface area (Å²) in [5.74, 6) is 0.488. The molecule has 0 aliphatic carbocycles. The lowest BCUT2D eigenvalue weighted by Crippen LogP contribution is -2.23. The second-order valence-electron chi connectivity index (χ2n) is 3.17. The van der Waals surface area contributed by atoms with Crippen LogP contribution in [0.4, 0.5) is 0 Å². The van der Waals surface area contributed by atoms with E-state index in [1.165, 1.54) is 10.9 Å². The molecule has 0 aliphatic heterocycles. The number of aromatic nitrogens is 5. The Hall–Kier alpha value is -2.25.